The minimum Gasteiger partial charge on any atom is -0.394 e. The molecule has 8 aromatic heterocycles. The van der Waals surface area contributed by atoms with Crippen LogP contribution < -0.4 is 39.2 Å². The molecule has 12 heterocycles. The van der Waals surface area contributed by atoms with E-state index in [0.29, 0.717) is 54.6 Å². The fourth-order valence-corrected chi connectivity index (χ4v) is 17.1. The highest BCUT2D eigenvalue weighted by Gasteiger charge is 2.29. The lowest BCUT2D eigenvalue weighted by Gasteiger charge is -2.40. The Morgan fingerprint density at radius 3 is 1.27 bits per heavy atom. The number of aliphatic hydroxyl groups is 1. The summed E-state index contributed by atoms with van der Waals surface area (Å²) in [4.78, 5) is 81.9. The first-order valence-corrected chi connectivity index (χ1v) is 42.4. The summed E-state index contributed by atoms with van der Waals surface area (Å²) < 4.78 is 40.2. The molecule has 12 aromatic rings. The van der Waals surface area contributed by atoms with Gasteiger partial charge in [-0.1, -0.05) is 42.5 Å². The first-order valence-electron chi connectivity index (χ1n) is 39.7. The number of fused-ring (bicyclic) bond motifs is 4. The van der Waals surface area contributed by atoms with Gasteiger partial charge >= 0.3 is 0 Å². The van der Waals surface area contributed by atoms with Crippen molar-refractivity contribution in [1.29, 1.82) is 5.26 Å². The molecule has 1 unspecified atom stereocenters. The van der Waals surface area contributed by atoms with Gasteiger partial charge in [-0.25, -0.2) is 52.7 Å². The van der Waals surface area contributed by atoms with E-state index < -0.39 is 9.84 Å². The largest absolute Gasteiger partial charge is 0.394 e. The smallest absolute Gasteiger partial charge is 0.177 e. The summed E-state index contributed by atoms with van der Waals surface area (Å²) in [6, 6.07) is 40.3. The van der Waals surface area contributed by atoms with Gasteiger partial charge in [0.05, 0.1) is 117 Å². The Bertz CT molecular complexity index is 5690. The van der Waals surface area contributed by atoms with Crippen LogP contribution in [-0.4, -0.2) is 266 Å². The van der Waals surface area contributed by atoms with E-state index in [0.717, 1.165) is 215 Å². The van der Waals surface area contributed by atoms with Crippen LogP contribution in [-0.2, 0) is 36.0 Å². The van der Waals surface area contributed by atoms with Crippen LogP contribution in [0.25, 0.3) is 43.6 Å². The maximum Gasteiger partial charge on any atom is 0.177 e. The number of sulfone groups is 1. The number of pyridine rings is 4. The second-order valence-corrected chi connectivity index (χ2v) is 33.9. The normalized spacial score (nSPS) is 15.7. The number of hydrogen-bond acceptors (Lipinski definition) is 28. The predicted molar refractivity (Wildman–Crippen MR) is 473 cm³/mol. The van der Waals surface area contributed by atoms with Crippen LogP contribution in [0.2, 0.25) is 0 Å². The van der Waals surface area contributed by atoms with Gasteiger partial charge in [0.25, 0.3) is 0 Å². The molecule has 28 nitrogen and oxygen atoms in total. The Labute approximate surface area is 699 Å². The van der Waals surface area contributed by atoms with E-state index in [1.165, 1.54) is 18.4 Å². The highest BCUT2D eigenvalue weighted by Crippen LogP contribution is 2.37. The summed E-state index contributed by atoms with van der Waals surface area (Å²) in [6.07, 6.45) is 8.24. The third-order valence-corrected chi connectivity index (χ3v) is 23.4. The number of rotatable bonds is 18. The SMILES string of the molecule is Cc1nc(CN(C)c2c(Br)ccc3cccnc23)cc(N2CCN(C)CC2)n1.Cc1nc(CN(C)c2c(C#N)ccc3cccnc23)cc(N2CCN(C)CC2)n1.Cc1nc(CN(C)c2c(S(C)(=O)=O)ccc3cccnc23)cc(N2CCN(C)CC2)n1.Cc1nc(CN(C)c2cc(F)cc3cccnc23)cc(N2CCN(C)CC2CO)n1. The average molecular weight is 1680 g/mol. The first-order chi connectivity index (χ1) is 56.7. The van der Waals surface area contributed by atoms with Crippen molar-refractivity contribution in [3.8, 4) is 6.07 Å². The summed E-state index contributed by atoms with van der Waals surface area (Å²) in [5.74, 6) is 6.41. The van der Waals surface area contributed by atoms with Crippen molar-refractivity contribution in [2.75, 3.05) is 207 Å². The molecule has 4 aromatic carbocycles. The Morgan fingerprint density at radius 2 is 0.822 bits per heavy atom. The zero-order valence-electron chi connectivity index (χ0n) is 69.7. The molecule has 4 aliphatic rings. The number of nitriles is 1. The van der Waals surface area contributed by atoms with Crippen LogP contribution in [0.5, 0.6) is 0 Å². The van der Waals surface area contributed by atoms with E-state index in [-0.39, 0.29) is 23.4 Å². The van der Waals surface area contributed by atoms with Gasteiger partial charge in [0.2, 0.25) is 0 Å². The van der Waals surface area contributed by atoms with Crippen molar-refractivity contribution in [3.05, 3.63) is 208 Å². The lowest BCUT2D eigenvalue weighted by atomic mass is 10.1. The molecule has 118 heavy (non-hydrogen) atoms. The molecule has 0 spiro atoms. The Balaban J connectivity index is 0.000000136. The summed E-state index contributed by atoms with van der Waals surface area (Å²) in [7, 11) is 12.9. The summed E-state index contributed by atoms with van der Waals surface area (Å²) in [5, 5.41) is 23.3. The molecule has 0 radical (unpaired) electrons. The van der Waals surface area contributed by atoms with Gasteiger partial charge in [0.1, 0.15) is 58.5 Å². The third kappa shape index (κ3) is 20.9. The van der Waals surface area contributed by atoms with Gasteiger partial charge < -0.3 is 63.9 Å². The lowest BCUT2D eigenvalue weighted by molar-refractivity contribution is 0.190. The van der Waals surface area contributed by atoms with E-state index in [2.05, 4.69) is 191 Å². The minimum atomic E-state index is -3.43. The molecule has 0 aliphatic carbocycles. The van der Waals surface area contributed by atoms with Gasteiger partial charge in [0, 0.05) is 208 Å². The molecule has 31 heteroatoms. The van der Waals surface area contributed by atoms with Crippen LogP contribution in [0.4, 0.5) is 50.4 Å². The Kier molecular flexibility index (Phi) is 27.4. The summed E-state index contributed by atoms with van der Waals surface area (Å²) in [5.41, 5.74) is 10.7. The van der Waals surface area contributed by atoms with Crippen molar-refractivity contribution in [3.63, 3.8) is 0 Å². The van der Waals surface area contributed by atoms with Crippen molar-refractivity contribution in [1.82, 2.24) is 79.4 Å². The molecular weight excluding hydrogens is 1570 g/mol. The fraction of sp³-hybridized carbons (Fsp3) is 0.391. The molecule has 4 saturated heterocycles. The Hall–Kier alpha value is -11.1. The van der Waals surface area contributed by atoms with Gasteiger partial charge in [-0.15, -0.1) is 0 Å². The number of aliphatic hydroxyl groups excluding tert-OH is 1. The summed E-state index contributed by atoms with van der Waals surface area (Å²) >= 11 is 3.70. The number of hydrogen-bond donors (Lipinski definition) is 1. The zero-order valence-corrected chi connectivity index (χ0v) is 72.1. The van der Waals surface area contributed by atoms with Crippen LogP contribution in [0, 0.1) is 44.8 Å². The molecule has 616 valence electrons. The van der Waals surface area contributed by atoms with E-state index in [9.17, 15) is 23.2 Å². The van der Waals surface area contributed by atoms with Gasteiger partial charge in [-0.3, -0.25) is 19.9 Å². The molecule has 4 fully saturated rings. The van der Waals surface area contributed by atoms with Crippen molar-refractivity contribution in [2.24, 2.45) is 0 Å². The maximum atomic E-state index is 14.2. The monoisotopic (exact) mass is 1680 g/mol. The van der Waals surface area contributed by atoms with Crippen LogP contribution in [0.3, 0.4) is 0 Å². The number of aromatic nitrogens is 12. The van der Waals surface area contributed by atoms with Crippen molar-refractivity contribution < 1.29 is 17.9 Å². The second-order valence-electron chi connectivity index (χ2n) is 31.0. The average Bonchev–Trinajstić information content (AvgIpc) is 0.767. The van der Waals surface area contributed by atoms with Crippen LogP contribution in [0.15, 0.2) is 155 Å². The quantitative estimate of drug-likeness (QED) is 0.0836. The molecular formula is C87H105BrFN25O3S. The molecule has 16 rings (SSSR count). The van der Waals surface area contributed by atoms with Gasteiger partial charge in [0.15, 0.2) is 9.84 Å². The topological polar surface area (TPSA) is 272 Å². The Morgan fingerprint density at radius 1 is 0.449 bits per heavy atom. The number of nitrogens with zero attached hydrogens (tertiary/aromatic N) is 25. The number of benzene rings is 4. The van der Waals surface area contributed by atoms with Crippen LogP contribution >= 0.6 is 15.9 Å². The number of aryl methyl sites for hydroxylation is 4. The molecule has 1 atom stereocenters. The highest BCUT2D eigenvalue weighted by molar-refractivity contribution is 9.10. The van der Waals surface area contributed by atoms with E-state index in [4.69, 9.17) is 4.98 Å². The molecule has 1 N–H and O–H groups in total. The number of halogens is 2. The highest BCUT2D eigenvalue weighted by atomic mass is 79.9. The van der Waals surface area contributed by atoms with Gasteiger partial charge in [-0.2, -0.15) is 5.26 Å². The molecule has 0 amide bonds. The van der Waals surface area contributed by atoms with Crippen LogP contribution in [0.1, 0.15) is 51.6 Å². The molecule has 0 bridgehead atoms. The molecule has 0 saturated carbocycles. The molecule has 4 aliphatic heterocycles. The van der Waals surface area contributed by atoms with Gasteiger partial charge in [-0.05, 0) is 126 Å². The summed E-state index contributed by atoms with van der Waals surface area (Å²) in [6.45, 7) is 24.4. The lowest BCUT2D eigenvalue weighted by Crippen LogP contribution is -2.54. The number of anilines is 8. The van der Waals surface area contributed by atoms with E-state index in [1.54, 1.807) is 36.8 Å². The second kappa shape index (κ2) is 38.1. The van der Waals surface area contributed by atoms with E-state index >= 15 is 0 Å². The number of piperazine rings is 4. The third-order valence-electron chi connectivity index (χ3n) is 21.7. The zero-order chi connectivity index (χ0) is 83.5. The predicted octanol–water partition coefficient (Wildman–Crippen LogP) is 10.4. The van der Waals surface area contributed by atoms with E-state index in [1.807, 2.05) is 125 Å². The van der Waals surface area contributed by atoms with Crippen molar-refractivity contribution in [2.45, 2.75) is 64.8 Å². The fourth-order valence-electron chi connectivity index (χ4n) is 15.6. The standard InChI is InChI=1S/C22H27FN6O.C22H25N7.C22H28N6O2S.C21H25BrN6/c1-15-25-18(11-21(26-15)29-8-7-27(2)13-19(29)14-30)12-28(3)20-10-17(23)9-16-5-4-6-24-22(16)20;1-16-25-19(13-20(26-16)29-11-9-27(2)10-12-29)15-28(3)22-18(14-23)7-6-17-5-4-8-24-21(17)22;1-16-24-18(14-20(25-16)28-12-10-26(2)11-13-28)15-27(3)22-19(31(4,29)30)8-7-17-6-5-9-23-21(17)22;1-15-24-17(13-19(25-15)28-11-9-26(2)10-12-28)14-27(3)21-18(22)7-6-16-5-4-8-23-20(16)21/h4-6,9-11,19,30H,7-8,12-14H2,1-3H3;4-8,13H,9-12,15H2,1-3H3;5-9,14H,10-13,15H2,1-4H3;4-8,13H,9-12,14H2,1-3H3. The van der Waals surface area contributed by atoms with Crippen molar-refractivity contribution >= 4 is 115 Å². The maximum absolute atomic E-state index is 14.2. The number of likely N-dealkylation sites (N-methyl/N-ethyl adjacent to an activating group) is 4. The first kappa shape index (κ1) is 84.8. The minimum absolute atomic E-state index is 0.00000702.